The average molecular weight is 280 g/mol. The molecule has 2 aliphatic rings. The Labute approximate surface area is 116 Å². The standard InChI is InChI=1S/C14H16O2S2/c1-2-5-11(6-3-1)12-13(14-15-7-8-16-14)18-10-4-9-17-12/h1-3,5-6,14H,4,7-10H2. The number of rotatable bonds is 2. The summed E-state index contributed by atoms with van der Waals surface area (Å²) in [5.41, 5.74) is 1.28. The summed E-state index contributed by atoms with van der Waals surface area (Å²) in [5, 5.41) is 0. The quantitative estimate of drug-likeness (QED) is 0.823. The summed E-state index contributed by atoms with van der Waals surface area (Å²) in [6.45, 7) is 1.42. The molecule has 0 unspecified atom stereocenters. The van der Waals surface area contributed by atoms with Gasteiger partial charge in [-0.1, -0.05) is 30.3 Å². The van der Waals surface area contributed by atoms with Crippen LogP contribution < -0.4 is 0 Å². The highest BCUT2D eigenvalue weighted by atomic mass is 32.2. The molecule has 1 fully saturated rings. The molecule has 2 aliphatic heterocycles. The van der Waals surface area contributed by atoms with E-state index in [4.69, 9.17) is 9.47 Å². The number of hydrogen-bond acceptors (Lipinski definition) is 4. The van der Waals surface area contributed by atoms with Crippen molar-refractivity contribution in [2.45, 2.75) is 12.7 Å². The van der Waals surface area contributed by atoms with Crippen LogP contribution in [0.5, 0.6) is 0 Å². The van der Waals surface area contributed by atoms with Crippen molar-refractivity contribution in [2.75, 3.05) is 24.7 Å². The van der Waals surface area contributed by atoms with E-state index < -0.39 is 0 Å². The van der Waals surface area contributed by atoms with Crippen molar-refractivity contribution in [1.82, 2.24) is 0 Å². The van der Waals surface area contributed by atoms with Gasteiger partial charge in [-0.3, -0.25) is 0 Å². The maximum absolute atomic E-state index is 5.69. The van der Waals surface area contributed by atoms with E-state index in [2.05, 4.69) is 30.3 Å². The first kappa shape index (κ1) is 12.6. The van der Waals surface area contributed by atoms with E-state index in [9.17, 15) is 0 Å². The Morgan fingerprint density at radius 2 is 1.67 bits per heavy atom. The first-order chi connectivity index (χ1) is 8.95. The SMILES string of the molecule is c1ccc(C2=C(C3OCCO3)SCCCS2)cc1. The lowest BCUT2D eigenvalue weighted by Crippen LogP contribution is -2.10. The fourth-order valence-electron chi connectivity index (χ4n) is 2.05. The van der Waals surface area contributed by atoms with Crippen molar-refractivity contribution in [3.05, 3.63) is 40.8 Å². The minimum Gasteiger partial charge on any atom is -0.345 e. The molecule has 3 rings (SSSR count). The van der Waals surface area contributed by atoms with Gasteiger partial charge in [0.15, 0.2) is 6.29 Å². The summed E-state index contributed by atoms with van der Waals surface area (Å²) in [6, 6.07) is 10.6. The van der Waals surface area contributed by atoms with Crippen LogP contribution in [0, 0.1) is 0 Å². The van der Waals surface area contributed by atoms with Crippen molar-refractivity contribution in [3.8, 4) is 0 Å². The van der Waals surface area contributed by atoms with Crippen LogP contribution >= 0.6 is 23.5 Å². The zero-order chi connectivity index (χ0) is 12.2. The van der Waals surface area contributed by atoms with Gasteiger partial charge >= 0.3 is 0 Å². The van der Waals surface area contributed by atoms with E-state index in [0.29, 0.717) is 13.2 Å². The highest BCUT2D eigenvalue weighted by Gasteiger charge is 2.26. The van der Waals surface area contributed by atoms with Crippen LogP contribution in [0.2, 0.25) is 0 Å². The van der Waals surface area contributed by atoms with Gasteiger partial charge in [0.1, 0.15) is 0 Å². The van der Waals surface area contributed by atoms with E-state index in [-0.39, 0.29) is 6.29 Å². The van der Waals surface area contributed by atoms with Crippen LogP contribution in [0.15, 0.2) is 35.2 Å². The third-order valence-electron chi connectivity index (χ3n) is 2.89. The summed E-state index contributed by atoms with van der Waals surface area (Å²) in [7, 11) is 0. The van der Waals surface area contributed by atoms with Crippen molar-refractivity contribution in [1.29, 1.82) is 0 Å². The van der Waals surface area contributed by atoms with E-state index in [1.54, 1.807) is 0 Å². The first-order valence-electron chi connectivity index (χ1n) is 6.23. The molecule has 18 heavy (non-hydrogen) atoms. The minimum atomic E-state index is -0.143. The lowest BCUT2D eigenvalue weighted by Gasteiger charge is -2.16. The van der Waals surface area contributed by atoms with Gasteiger partial charge in [-0.2, -0.15) is 0 Å². The van der Waals surface area contributed by atoms with Crippen LogP contribution in [-0.4, -0.2) is 31.0 Å². The van der Waals surface area contributed by atoms with E-state index in [0.717, 1.165) is 5.75 Å². The second kappa shape index (κ2) is 6.15. The molecule has 1 aromatic rings. The summed E-state index contributed by atoms with van der Waals surface area (Å²) >= 11 is 3.82. The Balaban J connectivity index is 1.97. The molecule has 0 N–H and O–H groups in total. The Bertz CT molecular complexity index is 425. The fourth-order valence-corrected chi connectivity index (χ4v) is 4.65. The summed E-state index contributed by atoms with van der Waals surface area (Å²) in [4.78, 5) is 2.60. The largest absolute Gasteiger partial charge is 0.345 e. The van der Waals surface area contributed by atoms with Gasteiger partial charge < -0.3 is 9.47 Å². The van der Waals surface area contributed by atoms with Crippen LogP contribution in [0.1, 0.15) is 12.0 Å². The smallest absolute Gasteiger partial charge is 0.191 e. The lowest BCUT2D eigenvalue weighted by atomic mass is 10.2. The molecule has 2 nitrogen and oxygen atoms in total. The first-order valence-corrected chi connectivity index (χ1v) is 8.20. The molecular formula is C14H16O2S2. The van der Waals surface area contributed by atoms with Gasteiger partial charge in [0.25, 0.3) is 0 Å². The molecule has 0 saturated carbocycles. The van der Waals surface area contributed by atoms with Gasteiger partial charge in [-0.15, -0.1) is 23.5 Å². The second-order valence-corrected chi connectivity index (χ2v) is 6.43. The van der Waals surface area contributed by atoms with Gasteiger partial charge in [0.05, 0.1) is 18.1 Å². The second-order valence-electron chi connectivity index (χ2n) is 4.18. The molecule has 2 heterocycles. The molecule has 96 valence electrons. The molecule has 1 saturated heterocycles. The maximum atomic E-state index is 5.69. The average Bonchev–Trinajstić information content (AvgIpc) is 2.84. The van der Waals surface area contributed by atoms with Gasteiger partial charge in [0.2, 0.25) is 0 Å². The highest BCUT2D eigenvalue weighted by Crippen LogP contribution is 2.42. The summed E-state index contributed by atoms with van der Waals surface area (Å²) < 4.78 is 11.4. The molecule has 0 spiro atoms. The topological polar surface area (TPSA) is 18.5 Å². The molecule has 0 atom stereocenters. The zero-order valence-electron chi connectivity index (χ0n) is 10.1. The van der Waals surface area contributed by atoms with Gasteiger partial charge in [-0.05, 0) is 23.5 Å². The third kappa shape index (κ3) is 2.77. The monoisotopic (exact) mass is 280 g/mol. The Morgan fingerprint density at radius 3 is 2.44 bits per heavy atom. The number of benzene rings is 1. The van der Waals surface area contributed by atoms with Crippen LogP contribution in [0.3, 0.4) is 0 Å². The van der Waals surface area contributed by atoms with Gasteiger partial charge in [0, 0.05) is 4.91 Å². The number of thioether (sulfide) groups is 2. The lowest BCUT2D eigenvalue weighted by molar-refractivity contribution is -0.00397. The fraction of sp³-hybridized carbons (Fsp3) is 0.429. The van der Waals surface area contributed by atoms with Crippen molar-refractivity contribution in [3.63, 3.8) is 0 Å². The highest BCUT2D eigenvalue weighted by molar-refractivity contribution is 8.11. The van der Waals surface area contributed by atoms with Crippen molar-refractivity contribution < 1.29 is 9.47 Å². The normalized spacial score (nSPS) is 22.2. The molecule has 0 aliphatic carbocycles. The molecule has 0 amide bonds. The molecular weight excluding hydrogens is 264 g/mol. The third-order valence-corrected chi connectivity index (χ3v) is 5.45. The van der Waals surface area contributed by atoms with E-state index in [1.165, 1.54) is 27.5 Å². The zero-order valence-corrected chi connectivity index (χ0v) is 11.8. The Kier molecular flexibility index (Phi) is 4.31. The Morgan fingerprint density at radius 1 is 0.944 bits per heavy atom. The minimum absolute atomic E-state index is 0.143. The van der Waals surface area contributed by atoms with Crippen molar-refractivity contribution >= 4 is 28.4 Å². The van der Waals surface area contributed by atoms with Gasteiger partial charge in [-0.25, -0.2) is 0 Å². The molecule has 4 heteroatoms. The number of hydrogen-bond donors (Lipinski definition) is 0. The molecule has 1 aromatic carbocycles. The predicted molar refractivity (Wildman–Crippen MR) is 78.6 cm³/mol. The van der Waals surface area contributed by atoms with Crippen LogP contribution in [0.25, 0.3) is 4.91 Å². The number of ether oxygens (including phenoxy) is 2. The summed E-state index contributed by atoms with van der Waals surface area (Å²) in [5.74, 6) is 2.33. The van der Waals surface area contributed by atoms with E-state index in [1.807, 2.05) is 23.5 Å². The maximum Gasteiger partial charge on any atom is 0.191 e. The Hall–Kier alpha value is -0.420. The van der Waals surface area contributed by atoms with Crippen molar-refractivity contribution in [2.24, 2.45) is 0 Å². The molecule has 0 aromatic heterocycles. The van der Waals surface area contributed by atoms with Crippen LogP contribution in [-0.2, 0) is 9.47 Å². The molecule has 0 bridgehead atoms. The van der Waals surface area contributed by atoms with E-state index >= 15 is 0 Å². The predicted octanol–water partition coefficient (Wildman–Crippen LogP) is 3.60. The molecule has 0 radical (unpaired) electrons. The van der Waals surface area contributed by atoms with Crippen LogP contribution in [0.4, 0.5) is 0 Å². The summed E-state index contributed by atoms with van der Waals surface area (Å²) in [6.07, 6.45) is 1.10.